The van der Waals surface area contributed by atoms with Gasteiger partial charge in [-0.1, -0.05) is 12.8 Å². The van der Waals surface area contributed by atoms with Crippen LogP contribution in [0.25, 0.3) is 0 Å². The van der Waals surface area contributed by atoms with Gasteiger partial charge in [0.25, 0.3) is 0 Å². The Morgan fingerprint density at radius 3 is 2.78 bits per heavy atom. The summed E-state index contributed by atoms with van der Waals surface area (Å²) in [6, 6.07) is 0.413. The maximum atomic E-state index is 4.31. The first-order valence-electron chi connectivity index (χ1n) is 7.02. The fourth-order valence-electron chi connectivity index (χ4n) is 1.94. The van der Waals surface area contributed by atoms with E-state index in [1.807, 2.05) is 22.6 Å². The zero-order chi connectivity index (χ0) is 13.2. The van der Waals surface area contributed by atoms with Crippen LogP contribution in [0.4, 0.5) is 0 Å². The first-order valence-corrected chi connectivity index (χ1v) is 8.42. The summed E-state index contributed by atoms with van der Waals surface area (Å²) < 4.78 is 1.98. The van der Waals surface area contributed by atoms with Gasteiger partial charge in [-0.3, -0.25) is 4.68 Å². The highest BCUT2D eigenvalue weighted by atomic mass is 32.2. The summed E-state index contributed by atoms with van der Waals surface area (Å²) in [5, 5.41) is 7.88. The average Bonchev–Trinajstić information content (AvgIpc) is 2.86. The third kappa shape index (κ3) is 5.91. The molecule has 1 aromatic heterocycles. The molecule has 0 amide bonds. The number of thioether (sulfide) groups is 1. The second-order valence-corrected chi connectivity index (χ2v) is 5.70. The molecule has 1 rings (SSSR count). The van der Waals surface area contributed by atoms with Crippen molar-refractivity contribution in [3.63, 3.8) is 0 Å². The average molecular weight is 269 g/mol. The molecule has 0 aliphatic rings. The highest BCUT2D eigenvalue weighted by Crippen LogP contribution is 2.11. The molecule has 104 valence electrons. The maximum absolute atomic E-state index is 4.31. The van der Waals surface area contributed by atoms with E-state index >= 15 is 0 Å². The van der Waals surface area contributed by atoms with Crippen LogP contribution in [0.2, 0.25) is 0 Å². The van der Waals surface area contributed by atoms with Crippen molar-refractivity contribution in [1.29, 1.82) is 0 Å². The van der Waals surface area contributed by atoms with Gasteiger partial charge in [-0.05, 0) is 45.2 Å². The molecule has 0 saturated heterocycles. The molecule has 1 unspecified atom stereocenters. The van der Waals surface area contributed by atoms with Crippen molar-refractivity contribution in [1.82, 2.24) is 15.1 Å². The third-order valence-corrected chi connectivity index (χ3v) is 3.90. The van der Waals surface area contributed by atoms with Crippen molar-refractivity contribution in [3.8, 4) is 0 Å². The van der Waals surface area contributed by atoms with Crippen LogP contribution in [0.3, 0.4) is 0 Å². The molecule has 1 atom stereocenters. The van der Waals surface area contributed by atoms with Crippen LogP contribution in [-0.2, 0) is 6.54 Å². The van der Waals surface area contributed by atoms with E-state index in [4.69, 9.17) is 0 Å². The third-order valence-electron chi connectivity index (χ3n) is 3.20. The van der Waals surface area contributed by atoms with E-state index < -0.39 is 0 Å². The van der Waals surface area contributed by atoms with Crippen molar-refractivity contribution in [2.75, 3.05) is 18.6 Å². The molecule has 4 heteroatoms. The summed E-state index contributed by atoms with van der Waals surface area (Å²) in [6.45, 7) is 6.38. The van der Waals surface area contributed by atoms with Gasteiger partial charge in [0.1, 0.15) is 0 Å². The first-order chi connectivity index (χ1) is 8.77. The van der Waals surface area contributed by atoms with Crippen LogP contribution in [0.15, 0.2) is 12.4 Å². The van der Waals surface area contributed by atoms with Gasteiger partial charge in [-0.25, -0.2) is 0 Å². The van der Waals surface area contributed by atoms with E-state index in [1.165, 1.54) is 37.0 Å². The second-order valence-electron chi connectivity index (χ2n) is 4.71. The minimum Gasteiger partial charge on any atom is -0.310 e. The largest absolute Gasteiger partial charge is 0.310 e. The van der Waals surface area contributed by atoms with Gasteiger partial charge in [-0.15, -0.1) is 0 Å². The van der Waals surface area contributed by atoms with Crippen molar-refractivity contribution in [2.45, 2.75) is 52.1 Å². The molecule has 0 fully saturated rings. The van der Waals surface area contributed by atoms with Crippen molar-refractivity contribution < 1.29 is 0 Å². The Balaban J connectivity index is 2.08. The van der Waals surface area contributed by atoms with Gasteiger partial charge >= 0.3 is 0 Å². The van der Waals surface area contributed by atoms with Crippen molar-refractivity contribution in [3.05, 3.63) is 18.0 Å². The quantitative estimate of drug-likeness (QED) is 0.660. The lowest BCUT2D eigenvalue weighted by Gasteiger charge is -2.11. The molecule has 1 aromatic rings. The lowest BCUT2D eigenvalue weighted by atomic mass is 10.1. The van der Waals surface area contributed by atoms with Gasteiger partial charge in [0.15, 0.2) is 0 Å². The molecule has 1 N–H and O–H groups in total. The van der Waals surface area contributed by atoms with Crippen LogP contribution >= 0.6 is 11.8 Å². The Bertz CT molecular complexity index is 312. The van der Waals surface area contributed by atoms with E-state index in [2.05, 4.69) is 36.7 Å². The number of aromatic nitrogens is 2. The molecule has 3 nitrogen and oxygen atoms in total. The summed E-state index contributed by atoms with van der Waals surface area (Å²) >= 11 is 1.95. The van der Waals surface area contributed by atoms with Gasteiger partial charge in [0.05, 0.1) is 6.20 Å². The second kappa shape index (κ2) is 9.45. The number of unbranched alkanes of at least 4 members (excludes halogenated alkanes) is 3. The van der Waals surface area contributed by atoms with E-state index in [1.54, 1.807) is 0 Å². The topological polar surface area (TPSA) is 29.9 Å². The molecule has 0 bridgehead atoms. The Hall–Kier alpha value is -0.480. The zero-order valence-corrected chi connectivity index (χ0v) is 12.8. The Morgan fingerprint density at radius 2 is 2.11 bits per heavy atom. The number of rotatable bonds is 10. The van der Waals surface area contributed by atoms with Crippen LogP contribution in [0, 0.1) is 0 Å². The summed E-state index contributed by atoms with van der Waals surface area (Å²) in [4.78, 5) is 0. The standard InChI is InChI=1S/C14H27N3S/c1-4-17-12-14(11-16-17)13(2)15-9-7-5-6-8-10-18-3/h11-13,15H,4-10H2,1-3H3. The lowest BCUT2D eigenvalue weighted by molar-refractivity contribution is 0.536. The minimum absolute atomic E-state index is 0.413. The van der Waals surface area contributed by atoms with Crippen LogP contribution in [0.5, 0.6) is 0 Å². The predicted octanol–water partition coefficient (Wildman–Crippen LogP) is 3.48. The van der Waals surface area contributed by atoms with Crippen molar-refractivity contribution >= 4 is 11.8 Å². The normalized spacial score (nSPS) is 12.8. The highest BCUT2D eigenvalue weighted by molar-refractivity contribution is 7.98. The van der Waals surface area contributed by atoms with Gasteiger partial charge in [0.2, 0.25) is 0 Å². The zero-order valence-electron chi connectivity index (χ0n) is 12.0. The Kier molecular flexibility index (Phi) is 8.18. The summed E-state index contributed by atoms with van der Waals surface area (Å²) in [5.41, 5.74) is 1.29. The van der Waals surface area contributed by atoms with Crippen LogP contribution in [0.1, 0.15) is 51.1 Å². The summed E-state index contributed by atoms with van der Waals surface area (Å²) in [5.74, 6) is 1.31. The highest BCUT2D eigenvalue weighted by Gasteiger charge is 2.06. The number of hydrogen-bond donors (Lipinski definition) is 1. The Labute approximate surface area is 116 Å². The molecule has 0 spiro atoms. The molecular formula is C14H27N3S. The summed E-state index contributed by atoms with van der Waals surface area (Å²) in [6.07, 6.45) is 11.6. The first kappa shape index (κ1) is 15.6. The summed E-state index contributed by atoms with van der Waals surface area (Å²) in [7, 11) is 0. The maximum Gasteiger partial charge on any atom is 0.0537 e. The fraction of sp³-hybridized carbons (Fsp3) is 0.786. The van der Waals surface area contributed by atoms with E-state index in [9.17, 15) is 0 Å². The van der Waals surface area contributed by atoms with E-state index in [-0.39, 0.29) is 0 Å². The molecular weight excluding hydrogens is 242 g/mol. The molecule has 0 saturated carbocycles. The van der Waals surface area contributed by atoms with Crippen LogP contribution in [-0.4, -0.2) is 28.3 Å². The van der Waals surface area contributed by atoms with Crippen molar-refractivity contribution in [2.24, 2.45) is 0 Å². The van der Waals surface area contributed by atoms with E-state index in [0.29, 0.717) is 6.04 Å². The van der Waals surface area contributed by atoms with Gasteiger partial charge in [-0.2, -0.15) is 16.9 Å². The SMILES string of the molecule is CCn1cc(C(C)NCCCCCCSC)cn1. The monoisotopic (exact) mass is 269 g/mol. The number of nitrogens with zero attached hydrogens (tertiary/aromatic N) is 2. The fourth-order valence-corrected chi connectivity index (χ4v) is 2.43. The van der Waals surface area contributed by atoms with E-state index in [0.717, 1.165) is 13.1 Å². The Morgan fingerprint density at radius 1 is 1.33 bits per heavy atom. The van der Waals surface area contributed by atoms with Gasteiger partial charge in [0, 0.05) is 24.3 Å². The number of aryl methyl sites for hydroxylation is 1. The molecule has 0 aromatic carbocycles. The minimum atomic E-state index is 0.413. The number of nitrogens with one attached hydrogen (secondary N) is 1. The predicted molar refractivity (Wildman–Crippen MR) is 81.2 cm³/mol. The van der Waals surface area contributed by atoms with Gasteiger partial charge < -0.3 is 5.32 Å². The number of hydrogen-bond acceptors (Lipinski definition) is 3. The lowest BCUT2D eigenvalue weighted by Crippen LogP contribution is -2.19. The molecule has 0 aliphatic heterocycles. The molecule has 1 heterocycles. The molecule has 18 heavy (non-hydrogen) atoms. The molecule has 0 radical (unpaired) electrons. The molecule has 0 aliphatic carbocycles. The smallest absolute Gasteiger partial charge is 0.0537 e. The van der Waals surface area contributed by atoms with Crippen LogP contribution < -0.4 is 5.32 Å².